The second-order valence-electron chi connectivity index (χ2n) is 5.43. The molecule has 0 saturated heterocycles. The Labute approximate surface area is 137 Å². The fraction of sp³-hybridized carbons (Fsp3) is 0.111. The molecule has 1 aliphatic heterocycles. The van der Waals surface area contributed by atoms with Gasteiger partial charge in [-0.2, -0.15) is 0 Å². The van der Waals surface area contributed by atoms with E-state index in [9.17, 15) is 24.2 Å². The molecule has 0 radical (unpaired) electrons. The molecule has 24 heavy (non-hydrogen) atoms. The molecule has 0 aromatic heterocycles. The molecular formula is C18H14FNO4. The van der Waals surface area contributed by atoms with Crippen LogP contribution >= 0.6 is 0 Å². The van der Waals surface area contributed by atoms with Crippen LogP contribution < -0.4 is 4.90 Å². The van der Waals surface area contributed by atoms with Crippen LogP contribution in [0.3, 0.4) is 0 Å². The van der Waals surface area contributed by atoms with Crippen molar-refractivity contribution in [2.24, 2.45) is 0 Å². The SMILES string of the molecule is CC(=O)C1=C(O)C(=O)N(c2ccc(O)cc2)[C@@H]1c1ccccc1F. The Kier molecular flexibility index (Phi) is 3.81. The standard InChI is InChI=1S/C18H14FNO4/c1-10(21)15-16(13-4-2-3-5-14(13)19)20(18(24)17(15)23)11-6-8-12(22)9-7-11/h2-9,16,22-23H,1H3/t16-/m1/s1. The minimum atomic E-state index is -1.07. The Bertz CT molecular complexity index is 858. The van der Waals surface area contributed by atoms with Gasteiger partial charge in [-0.05, 0) is 37.3 Å². The summed E-state index contributed by atoms with van der Waals surface area (Å²) in [5, 5.41) is 19.5. The predicted molar refractivity (Wildman–Crippen MR) is 85.1 cm³/mol. The van der Waals surface area contributed by atoms with E-state index in [0.29, 0.717) is 5.69 Å². The van der Waals surface area contributed by atoms with Crippen LogP contribution in [0.15, 0.2) is 59.9 Å². The first-order valence-corrected chi connectivity index (χ1v) is 7.23. The summed E-state index contributed by atoms with van der Waals surface area (Å²) in [6.45, 7) is 1.22. The first-order chi connectivity index (χ1) is 11.4. The summed E-state index contributed by atoms with van der Waals surface area (Å²) >= 11 is 0. The number of ketones is 1. The number of rotatable bonds is 3. The number of halogens is 1. The number of benzene rings is 2. The van der Waals surface area contributed by atoms with E-state index in [1.54, 1.807) is 6.07 Å². The van der Waals surface area contributed by atoms with E-state index in [0.717, 1.165) is 4.90 Å². The van der Waals surface area contributed by atoms with Crippen molar-refractivity contribution in [1.29, 1.82) is 0 Å². The van der Waals surface area contributed by atoms with Gasteiger partial charge >= 0.3 is 0 Å². The van der Waals surface area contributed by atoms with Gasteiger partial charge in [-0.25, -0.2) is 4.39 Å². The average molecular weight is 327 g/mol. The topological polar surface area (TPSA) is 77.8 Å². The average Bonchev–Trinajstić information content (AvgIpc) is 2.81. The van der Waals surface area contributed by atoms with Crippen molar-refractivity contribution < 1.29 is 24.2 Å². The van der Waals surface area contributed by atoms with E-state index < -0.39 is 29.3 Å². The Morgan fingerprint density at radius 1 is 1.08 bits per heavy atom. The van der Waals surface area contributed by atoms with Gasteiger partial charge in [0.05, 0.1) is 11.6 Å². The molecule has 122 valence electrons. The lowest BCUT2D eigenvalue weighted by molar-refractivity contribution is -0.117. The van der Waals surface area contributed by atoms with Crippen LogP contribution in [0.4, 0.5) is 10.1 Å². The molecule has 1 atom stereocenters. The molecule has 2 aromatic carbocycles. The third-order valence-corrected chi connectivity index (χ3v) is 3.92. The molecule has 2 aromatic rings. The maximum Gasteiger partial charge on any atom is 0.294 e. The second kappa shape index (κ2) is 5.81. The predicted octanol–water partition coefficient (Wildman–Crippen LogP) is 3.02. The summed E-state index contributed by atoms with van der Waals surface area (Å²) < 4.78 is 14.3. The van der Waals surface area contributed by atoms with Crippen LogP contribution in [0, 0.1) is 5.82 Å². The highest BCUT2D eigenvalue weighted by molar-refractivity contribution is 6.16. The number of hydrogen-bond acceptors (Lipinski definition) is 4. The van der Waals surface area contributed by atoms with Gasteiger partial charge in [-0.3, -0.25) is 14.5 Å². The minimum Gasteiger partial charge on any atom is -0.508 e. The Morgan fingerprint density at radius 2 is 1.71 bits per heavy atom. The first kappa shape index (κ1) is 15.7. The molecule has 1 aliphatic rings. The first-order valence-electron chi connectivity index (χ1n) is 7.23. The largest absolute Gasteiger partial charge is 0.508 e. The number of hydrogen-bond donors (Lipinski definition) is 2. The van der Waals surface area contributed by atoms with E-state index >= 15 is 0 Å². The number of phenols is 1. The summed E-state index contributed by atoms with van der Waals surface area (Å²) in [6.07, 6.45) is 0. The fourth-order valence-electron chi connectivity index (χ4n) is 2.84. The zero-order valence-corrected chi connectivity index (χ0v) is 12.7. The number of Topliss-reactive ketones (excluding diaryl/α,β-unsaturated/α-hetero) is 1. The lowest BCUT2D eigenvalue weighted by Gasteiger charge is -2.27. The van der Waals surface area contributed by atoms with E-state index in [1.807, 2.05) is 0 Å². The summed E-state index contributed by atoms with van der Waals surface area (Å²) in [5.74, 6) is -2.59. The number of carbonyl (C=O) groups is 2. The quantitative estimate of drug-likeness (QED) is 0.908. The third kappa shape index (κ3) is 2.42. The summed E-state index contributed by atoms with van der Waals surface area (Å²) in [4.78, 5) is 25.6. The summed E-state index contributed by atoms with van der Waals surface area (Å²) in [5.41, 5.74) is 0.278. The van der Waals surface area contributed by atoms with Crippen molar-refractivity contribution in [2.75, 3.05) is 4.90 Å². The van der Waals surface area contributed by atoms with Crippen LogP contribution in [0.5, 0.6) is 5.75 Å². The maximum atomic E-state index is 14.3. The Hall–Kier alpha value is -3.15. The number of phenolic OH excluding ortho intramolecular Hbond substituents is 1. The van der Waals surface area contributed by atoms with Gasteiger partial charge in [0, 0.05) is 11.3 Å². The van der Waals surface area contributed by atoms with Gasteiger partial charge < -0.3 is 10.2 Å². The molecule has 0 unspecified atom stereocenters. The van der Waals surface area contributed by atoms with Gasteiger partial charge in [0.25, 0.3) is 5.91 Å². The molecule has 0 aliphatic carbocycles. The van der Waals surface area contributed by atoms with E-state index in [-0.39, 0.29) is 16.9 Å². The molecule has 2 N–H and O–H groups in total. The zero-order valence-electron chi connectivity index (χ0n) is 12.7. The van der Waals surface area contributed by atoms with Gasteiger partial charge in [0.15, 0.2) is 11.5 Å². The molecule has 0 fully saturated rings. The number of amides is 1. The maximum absolute atomic E-state index is 14.3. The van der Waals surface area contributed by atoms with Gasteiger partial charge in [-0.15, -0.1) is 0 Å². The zero-order chi connectivity index (χ0) is 17.4. The summed E-state index contributed by atoms with van der Waals surface area (Å²) in [6, 6.07) is 10.3. The monoisotopic (exact) mass is 327 g/mol. The van der Waals surface area contributed by atoms with Crippen LogP contribution in [0.2, 0.25) is 0 Å². The number of aliphatic hydroxyl groups excluding tert-OH is 1. The number of anilines is 1. The molecule has 0 spiro atoms. The lowest BCUT2D eigenvalue weighted by Crippen LogP contribution is -2.31. The molecule has 3 rings (SSSR count). The van der Waals surface area contributed by atoms with Crippen molar-refractivity contribution in [3.05, 3.63) is 71.2 Å². The number of aliphatic hydroxyl groups is 1. The van der Waals surface area contributed by atoms with Crippen LogP contribution in [-0.2, 0) is 9.59 Å². The lowest BCUT2D eigenvalue weighted by atomic mass is 9.96. The fourth-order valence-corrected chi connectivity index (χ4v) is 2.84. The molecule has 5 nitrogen and oxygen atoms in total. The highest BCUT2D eigenvalue weighted by Gasteiger charge is 2.44. The molecule has 0 saturated carbocycles. The highest BCUT2D eigenvalue weighted by Crippen LogP contribution is 2.41. The molecule has 6 heteroatoms. The van der Waals surface area contributed by atoms with Gasteiger partial charge in [0.1, 0.15) is 11.6 Å². The van der Waals surface area contributed by atoms with Gasteiger partial charge in [0.2, 0.25) is 0 Å². The normalized spacial score (nSPS) is 17.5. The van der Waals surface area contributed by atoms with Crippen molar-refractivity contribution in [1.82, 2.24) is 0 Å². The van der Waals surface area contributed by atoms with Crippen LogP contribution in [-0.4, -0.2) is 21.9 Å². The van der Waals surface area contributed by atoms with Crippen LogP contribution in [0.25, 0.3) is 0 Å². The minimum absolute atomic E-state index is 0.00295. The van der Waals surface area contributed by atoms with Gasteiger partial charge in [-0.1, -0.05) is 18.2 Å². The van der Waals surface area contributed by atoms with Crippen molar-refractivity contribution in [3.8, 4) is 5.75 Å². The van der Waals surface area contributed by atoms with Crippen molar-refractivity contribution in [2.45, 2.75) is 13.0 Å². The van der Waals surface area contributed by atoms with E-state index in [2.05, 4.69) is 0 Å². The number of carbonyl (C=O) groups excluding carboxylic acids is 2. The van der Waals surface area contributed by atoms with Crippen molar-refractivity contribution >= 4 is 17.4 Å². The smallest absolute Gasteiger partial charge is 0.294 e. The van der Waals surface area contributed by atoms with E-state index in [4.69, 9.17) is 0 Å². The molecule has 0 bridgehead atoms. The highest BCUT2D eigenvalue weighted by atomic mass is 19.1. The van der Waals surface area contributed by atoms with Crippen molar-refractivity contribution in [3.63, 3.8) is 0 Å². The molecule has 1 heterocycles. The van der Waals surface area contributed by atoms with E-state index in [1.165, 1.54) is 49.4 Å². The number of aromatic hydroxyl groups is 1. The number of nitrogens with zero attached hydrogens (tertiary/aromatic N) is 1. The molecular weight excluding hydrogens is 313 g/mol. The van der Waals surface area contributed by atoms with Crippen LogP contribution in [0.1, 0.15) is 18.5 Å². The Morgan fingerprint density at radius 3 is 2.29 bits per heavy atom. The molecule has 1 amide bonds. The summed E-state index contributed by atoms with van der Waals surface area (Å²) in [7, 11) is 0. The second-order valence-corrected chi connectivity index (χ2v) is 5.43. The third-order valence-electron chi connectivity index (χ3n) is 3.92. The Balaban J connectivity index is 2.21.